The van der Waals surface area contributed by atoms with Crippen LogP contribution in [0.5, 0.6) is 5.75 Å². The van der Waals surface area contributed by atoms with Crippen molar-refractivity contribution in [3.63, 3.8) is 0 Å². The standard InChI is InChI=1S/C22H27NO3/c24-20-8-6-17(7-9-20)21(25)15-23-13-18-11-22(26,12-19(18)14-23)10-16-4-2-1-3-5-16/h1-9,18-19,21,24-26H,10-15H2/t18-,19+,21-,22-/m1/s1. The van der Waals surface area contributed by atoms with Crippen molar-refractivity contribution in [1.29, 1.82) is 0 Å². The zero-order valence-corrected chi connectivity index (χ0v) is 15.0. The summed E-state index contributed by atoms with van der Waals surface area (Å²) in [5, 5.41) is 30.9. The minimum atomic E-state index is -0.585. The van der Waals surface area contributed by atoms with E-state index in [-0.39, 0.29) is 5.75 Å². The Labute approximate surface area is 154 Å². The summed E-state index contributed by atoms with van der Waals surface area (Å²) in [6.45, 7) is 2.49. The van der Waals surface area contributed by atoms with E-state index in [1.165, 1.54) is 5.56 Å². The van der Waals surface area contributed by atoms with Crippen LogP contribution >= 0.6 is 0 Å². The average molecular weight is 353 g/mol. The third-order valence-electron chi connectivity index (χ3n) is 6.02. The molecule has 0 bridgehead atoms. The highest BCUT2D eigenvalue weighted by Crippen LogP contribution is 2.45. The van der Waals surface area contributed by atoms with Gasteiger partial charge in [0.05, 0.1) is 11.7 Å². The number of rotatable bonds is 5. The molecule has 0 radical (unpaired) electrons. The Hall–Kier alpha value is -1.88. The molecule has 1 aliphatic carbocycles. The molecule has 0 unspecified atom stereocenters. The molecule has 0 spiro atoms. The third-order valence-corrected chi connectivity index (χ3v) is 6.02. The molecular formula is C22H27NO3. The van der Waals surface area contributed by atoms with Gasteiger partial charge >= 0.3 is 0 Å². The fraction of sp³-hybridized carbons (Fsp3) is 0.455. The first-order valence-corrected chi connectivity index (χ1v) is 9.46. The molecule has 1 heterocycles. The molecule has 26 heavy (non-hydrogen) atoms. The number of benzene rings is 2. The van der Waals surface area contributed by atoms with E-state index in [0.717, 1.165) is 37.9 Å². The summed E-state index contributed by atoms with van der Waals surface area (Å²) in [7, 11) is 0. The highest BCUT2D eigenvalue weighted by molar-refractivity contribution is 5.27. The molecule has 0 amide bonds. The third kappa shape index (κ3) is 3.78. The van der Waals surface area contributed by atoms with Crippen LogP contribution in [0.15, 0.2) is 54.6 Å². The summed E-state index contributed by atoms with van der Waals surface area (Å²) in [6.07, 6.45) is 1.88. The summed E-state index contributed by atoms with van der Waals surface area (Å²) in [5.41, 5.74) is 1.45. The topological polar surface area (TPSA) is 63.9 Å². The van der Waals surface area contributed by atoms with Crippen LogP contribution in [0, 0.1) is 11.8 Å². The van der Waals surface area contributed by atoms with E-state index in [4.69, 9.17) is 0 Å². The van der Waals surface area contributed by atoms with Crippen LogP contribution in [0.3, 0.4) is 0 Å². The number of phenolic OH excluding ortho intramolecular Hbond substituents is 1. The summed E-state index contributed by atoms with van der Waals surface area (Å²) in [5.74, 6) is 1.24. The fourth-order valence-electron chi connectivity index (χ4n) is 4.87. The maximum Gasteiger partial charge on any atom is 0.115 e. The van der Waals surface area contributed by atoms with E-state index in [1.807, 2.05) is 18.2 Å². The molecule has 0 aromatic heterocycles. The van der Waals surface area contributed by atoms with E-state index in [9.17, 15) is 15.3 Å². The summed E-state index contributed by atoms with van der Waals surface area (Å²) >= 11 is 0. The van der Waals surface area contributed by atoms with Gasteiger partial charge in [-0.2, -0.15) is 0 Å². The Bertz CT molecular complexity index is 717. The smallest absolute Gasteiger partial charge is 0.115 e. The summed E-state index contributed by atoms with van der Waals surface area (Å²) in [4.78, 5) is 2.31. The number of aliphatic hydroxyl groups excluding tert-OH is 1. The molecule has 1 aliphatic heterocycles. The number of β-amino-alcohol motifs (C(OH)–C–C–N with tert-alkyl or cyclic N) is 1. The number of hydrogen-bond donors (Lipinski definition) is 3. The zero-order valence-electron chi connectivity index (χ0n) is 15.0. The van der Waals surface area contributed by atoms with Crippen molar-refractivity contribution < 1.29 is 15.3 Å². The maximum atomic E-state index is 11.0. The van der Waals surface area contributed by atoms with Gasteiger partial charge in [-0.25, -0.2) is 0 Å². The van der Waals surface area contributed by atoms with Gasteiger partial charge in [0.25, 0.3) is 0 Å². The first-order valence-electron chi connectivity index (χ1n) is 9.46. The Morgan fingerprint density at radius 1 is 0.962 bits per heavy atom. The lowest BCUT2D eigenvalue weighted by molar-refractivity contribution is 0.0328. The van der Waals surface area contributed by atoms with Gasteiger partial charge in [-0.15, -0.1) is 0 Å². The number of nitrogens with zero attached hydrogens (tertiary/aromatic N) is 1. The first kappa shape index (κ1) is 17.5. The minimum absolute atomic E-state index is 0.217. The normalized spacial score (nSPS) is 29.6. The second-order valence-corrected chi connectivity index (χ2v) is 8.14. The summed E-state index contributed by atoms with van der Waals surface area (Å²) in [6, 6.07) is 17.0. The largest absolute Gasteiger partial charge is 0.508 e. The fourth-order valence-corrected chi connectivity index (χ4v) is 4.87. The molecule has 1 saturated carbocycles. The van der Waals surface area contributed by atoms with Crippen molar-refractivity contribution in [2.75, 3.05) is 19.6 Å². The van der Waals surface area contributed by atoms with E-state index < -0.39 is 11.7 Å². The number of hydrogen-bond acceptors (Lipinski definition) is 4. The van der Waals surface area contributed by atoms with Crippen molar-refractivity contribution in [1.82, 2.24) is 4.90 Å². The predicted octanol–water partition coefficient (Wildman–Crippen LogP) is 2.74. The van der Waals surface area contributed by atoms with Gasteiger partial charge in [-0.3, -0.25) is 4.90 Å². The van der Waals surface area contributed by atoms with Crippen LogP contribution in [0.1, 0.15) is 30.1 Å². The number of fused-ring (bicyclic) bond motifs is 1. The number of aromatic hydroxyl groups is 1. The number of phenols is 1. The molecule has 4 atom stereocenters. The highest BCUT2D eigenvalue weighted by Gasteiger charge is 2.48. The van der Waals surface area contributed by atoms with Crippen molar-refractivity contribution in [2.24, 2.45) is 11.8 Å². The molecule has 1 saturated heterocycles. The number of aliphatic hydroxyl groups is 2. The SMILES string of the molecule is Oc1ccc([C@H](O)CN2C[C@@H]3C[C@@](O)(Cc4ccccc4)C[C@@H]3C2)cc1. The van der Waals surface area contributed by atoms with E-state index in [1.54, 1.807) is 24.3 Å². The van der Waals surface area contributed by atoms with Crippen LogP contribution in [0.2, 0.25) is 0 Å². The maximum absolute atomic E-state index is 11.0. The Morgan fingerprint density at radius 2 is 1.58 bits per heavy atom. The van der Waals surface area contributed by atoms with Gasteiger partial charge in [0, 0.05) is 26.1 Å². The van der Waals surface area contributed by atoms with Crippen LogP contribution < -0.4 is 0 Å². The van der Waals surface area contributed by atoms with Gasteiger partial charge in [0.15, 0.2) is 0 Å². The number of likely N-dealkylation sites (tertiary alicyclic amines) is 1. The van der Waals surface area contributed by atoms with Crippen LogP contribution in [0.4, 0.5) is 0 Å². The van der Waals surface area contributed by atoms with Crippen LogP contribution in [-0.2, 0) is 6.42 Å². The minimum Gasteiger partial charge on any atom is -0.508 e. The molecule has 4 rings (SSSR count). The van der Waals surface area contributed by atoms with Crippen molar-refractivity contribution >= 4 is 0 Å². The summed E-state index contributed by atoms with van der Waals surface area (Å²) < 4.78 is 0. The lowest BCUT2D eigenvalue weighted by Crippen LogP contribution is -2.33. The lowest BCUT2D eigenvalue weighted by Gasteiger charge is -2.27. The molecule has 4 heteroatoms. The zero-order chi connectivity index (χ0) is 18.1. The monoisotopic (exact) mass is 353 g/mol. The quantitative estimate of drug-likeness (QED) is 0.773. The Balaban J connectivity index is 1.32. The second kappa shape index (κ2) is 7.03. The van der Waals surface area contributed by atoms with Gasteiger partial charge < -0.3 is 15.3 Å². The Morgan fingerprint density at radius 3 is 2.19 bits per heavy atom. The molecule has 3 N–H and O–H groups in total. The van der Waals surface area contributed by atoms with Crippen molar-refractivity contribution in [3.8, 4) is 5.75 Å². The van der Waals surface area contributed by atoms with Crippen molar-refractivity contribution in [3.05, 3.63) is 65.7 Å². The van der Waals surface area contributed by atoms with E-state index in [0.29, 0.717) is 18.4 Å². The van der Waals surface area contributed by atoms with Crippen LogP contribution in [-0.4, -0.2) is 45.5 Å². The molecule has 2 aromatic carbocycles. The molecule has 2 fully saturated rings. The van der Waals surface area contributed by atoms with Gasteiger partial charge in [0.2, 0.25) is 0 Å². The van der Waals surface area contributed by atoms with E-state index >= 15 is 0 Å². The highest BCUT2D eigenvalue weighted by atomic mass is 16.3. The molecule has 2 aliphatic rings. The van der Waals surface area contributed by atoms with E-state index in [2.05, 4.69) is 17.0 Å². The predicted molar refractivity (Wildman–Crippen MR) is 101 cm³/mol. The van der Waals surface area contributed by atoms with Gasteiger partial charge in [0.1, 0.15) is 5.75 Å². The molecular weight excluding hydrogens is 326 g/mol. The lowest BCUT2D eigenvalue weighted by atomic mass is 9.91. The molecule has 138 valence electrons. The van der Waals surface area contributed by atoms with Crippen LogP contribution in [0.25, 0.3) is 0 Å². The Kier molecular flexibility index (Phi) is 4.74. The van der Waals surface area contributed by atoms with Gasteiger partial charge in [-0.05, 0) is 47.9 Å². The molecule has 2 aromatic rings. The average Bonchev–Trinajstić information content (AvgIpc) is 3.10. The van der Waals surface area contributed by atoms with Crippen molar-refractivity contribution in [2.45, 2.75) is 31.0 Å². The first-order chi connectivity index (χ1) is 12.5. The molecule has 4 nitrogen and oxygen atoms in total. The van der Waals surface area contributed by atoms with Gasteiger partial charge in [-0.1, -0.05) is 42.5 Å². The second-order valence-electron chi connectivity index (χ2n) is 8.14.